The number of esters is 1. The molecule has 0 atom stereocenters. The molecule has 4 aromatic rings. The van der Waals surface area contributed by atoms with Gasteiger partial charge < -0.3 is 14.0 Å². The van der Waals surface area contributed by atoms with Crippen LogP contribution in [-0.2, 0) is 23.5 Å². The Labute approximate surface area is 207 Å². The number of halogens is 2. The first-order chi connectivity index (χ1) is 16.9. The van der Waals surface area contributed by atoms with Crippen molar-refractivity contribution < 1.29 is 23.0 Å². The van der Waals surface area contributed by atoms with Crippen LogP contribution < -0.4 is 4.74 Å². The van der Waals surface area contributed by atoms with E-state index in [1.165, 1.54) is 23.9 Å². The van der Waals surface area contributed by atoms with E-state index in [-0.39, 0.29) is 17.9 Å². The number of fused-ring (bicyclic) bond motifs is 1. The smallest absolute Gasteiger partial charge is 0.338 e. The van der Waals surface area contributed by atoms with Crippen molar-refractivity contribution in [2.24, 2.45) is 0 Å². The Morgan fingerprint density at radius 1 is 1.09 bits per heavy atom. The fraction of sp³-hybridized carbons (Fsp3) is 0.259. The van der Waals surface area contributed by atoms with E-state index < -0.39 is 17.6 Å². The molecule has 0 amide bonds. The van der Waals surface area contributed by atoms with Gasteiger partial charge in [0.2, 0.25) is 0 Å². The average Bonchev–Trinajstić information content (AvgIpc) is 3.22. The summed E-state index contributed by atoms with van der Waals surface area (Å²) < 4.78 is 41.3. The molecule has 0 fully saturated rings. The molecule has 0 N–H and O–H groups in total. The highest BCUT2D eigenvalue weighted by molar-refractivity contribution is 7.98. The van der Waals surface area contributed by atoms with Crippen LogP contribution >= 0.6 is 11.8 Å². The first-order valence-corrected chi connectivity index (χ1v) is 12.3. The molecule has 0 unspecified atom stereocenters. The summed E-state index contributed by atoms with van der Waals surface area (Å²) in [6, 6.07) is 15.8. The van der Waals surface area contributed by atoms with Gasteiger partial charge >= 0.3 is 5.97 Å². The maximum Gasteiger partial charge on any atom is 0.338 e. The predicted molar refractivity (Wildman–Crippen MR) is 133 cm³/mol. The molecule has 0 bridgehead atoms. The SMILES string of the molecule is CCOC(=O)c1ccc2c(c1)nc(SCc1c(F)ccc(C)c1F)n2CCc1ccc(OC)cc1. The van der Waals surface area contributed by atoms with E-state index in [9.17, 15) is 13.6 Å². The number of carbonyl (C=O) groups excluding carboxylic acids is 1. The molecule has 8 heteroatoms. The lowest BCUT2D eigenvalue weighted by atomic mass is 10.1. The topological polar surface area (TPSA) is 53.3 Å². The molecule has 3 aromatic carbocycles. The van der Waals surface area contributed by atoms with Gasteiger partial charge in [0.15, 0.2) is 5.16 Å². The molecule has 35 heavy (non-hydrogen) atoms. The maximum atomic E-state index is 14.6. The van der Waals surface area contributed by atoms with Crippen LogP contribution in [0, 0.1) is 18.6 Å². The zero-order valence-corrected chi connectivity index (χ0v) is 20.6. The van der Waals surface area contributed by atoms with Crippen LogP contribution in [0.5, 0.6) is 5.75 Å². The molecule has 1 aromatic heterocycles. The minimum atomic E-state index is -0.578. The second-order valence-corrected chi connectivity index (χ2v) is 8.96. The Balaban J connectivity index is 1.66. The number of methoxy groups -OCH3 is 1. The highest BCUT2D eigenvalue weighted by Crippen LogP contribution is 2.30. The first-order valence-electron chi connectivity index (χ1n) is 11.3. The largest absolute Gasteiger partial charge is 0.497 e. The van der Waals surface area contributed by atoms with Gasteiger partial charge in [0, 0.05) is 17.9 Å². The molecular weight excluding hydrogens is 470 g/mol. The zero-order chi connectivity index (χ0) is 24.9. The lowest BCUT2D eigenvalue weighted by molar-refractivity contribution is 0.0526. The van der Waals surface area contributed by atoms with E-state index >= 15 is 0 Å². The number of thioether (sulfide) groups is 1. The number of benzene rings is 3. The summed E-state index contributed by atoms with van der Waals surface area (Å²) >= 11 is 1.26. The molecule has 0 aliphatic heterocycles. The molecular formula is C27H26F2N2O3S. The minimum absolute atomic E-state index is 0.0240. The van der Waals surface area contributed by atoms with Crippen LogP contribution in [0.25, 0.3) is 11.0 Å². The second kappa shape index (κ2) is 10.9. The van der Waals surface area contributed by atoms with Gasteiger partial charge in [-0.1, -0.05) is 30.0 Å². The standard InChI is InChI=1S/C27H26F2N2O3S/c1-4-34-26(32)19-8-12-24-23(15-19)30-27(35-16-21-22(28)11-5-17(2)25(21)29)31(24)14-13-18-6-9-20(33-3)10-7-18/h5-12,15H,4,13-14,16H2,1-3H3. The molecule has 5 nitrogen and oxygen atoms in total. The van der Waals surface area contributed by atoms with Gasteiger partial charge in [0.05, 0.1) is 30.3 Å². The van der Waals surface area contributed by atoms with Crippen molar-refractivity contribution in [3.05, 3.63) is 88.5 Å². The number of rotatable bonds is 9. The number of aromatic nitrogens is 2. The van der Waals surface area contributed by atoms with Crippen molar-refractivity contribution in [1.29, 1.82) is 0 Å². The molecule has 0 radical (unpaired) electrons. The van der Waals surface area contributed by atoms with Crippen LogP contribution in [0.1, 0.15) is 34.0 Å². The Hall–Kier alpha value is -3.39. The van der Waals surface area contributed by atoms with Crippen molar-refractivity contribution in [3.8, 4) is 5.75 Å². The first kappa shape index (κ1) is 24.7. The molecule has 0 aliphatic carbocycles. The molecule has 0 saturated heterocycles. The minimum Gasteiger partial charge on any atom is -0.497 e. The number of aryl methyl sites for hydroxylation is 3. The maximum absolute atomic E-state index is 14.6. The van der Waals surface area contributed by atoms with Crippen LogP contribution in [0.15, 0.2) is 59.8 Å². The highest BCUT2D eigenvalue weighted by atomic mass is 32.2. The van der Waals surface area contributed by atoms with Gasteiger partial charge in [0.1, 0.15) is 17.4 Å². The van der Waals surface area contributed by atoms with Crippen LogP contribution in [-0.4, -0.2) is 29.2 Å². The summed E-state index contributed by atoms with van der Waals surface area (Å²) in [6.45, 7) is 4.25. The van der Waals surface area contributed by atoms with E-state index in [0.717, 1.165) is 23.3 Å². The number of ether oxygens (including phenoxy) is 2. The summed E-state index contributed by atoms with van der Waals surface area (Å²) in [5.41, 5.74) is 3.40. The number of carbonyl (C=O) groups is 1. The van der Waals surface area contributed by atoms with Crippen molar-refractivity contribution >= 4 is 28.8 Å². The number of hydrogen-bond donors (Lipinski definition) is 0. The Morgan fingerprint density at radius 2 is 1.86 bits per heavy atom. The lowest BCUT2D eigenvalue weighted by Gasteiger charge is -2.11. The van der Waals surface area contributed by atoms with Gasteiger partial charge in [-0.3, -0.25) is 0 Å². The Bertz CT molecular complexity index is 1350. The van der Waals surface area contributed by atoms with Crippen molar-refractivity contribution in [1.82, 2.24) is 9.55 Å². The van der Waals surface area contributed by atoms with Crippen molar-refractivity contribution in [2.45, 2.75) is 37.7 Å². The fourth-order valence-corrected chi connectivity index (χ4v) is 4.84. The van der Waals surface area contributed by atoms with Gasteiger partial charge in [-0.25, -0.2) is 18.6 Å². The van der Waals surface area contributed by atoms with Crippen LogP contribution in [0.3, 0.4) is 0 Å². The van der Waals surface area contributed by atoms with Crippen LogP contribution in [0.2, 0.25) is 0 Å². The molecule has 0 saturated carbocycles. The Kier molecular flexibility index (Phi) is 7.70. The third-order valence-electron chi connectivity index (χ3n) is 5.73. The second-order valence-electron chi connectivity index (χ2n) is 8.01. The fourth-order valence-electron chi connectivity index (χ4n) is 3.79. The van der Waals surface area contributed by atoms with Crippen molar-refractivity contribution in [2.75, 3.05) is 13.7 Å². The summed E-state index contributed by atoms with van der Waals surface area (Å²) in [7, 11) is 1.63. The number of imidazole rings is 1. The summed E-state index contributed by atoms with van der Waals surface area (Å²) in [4.78, 5) is 16.9. The van der Waals surface area contributed by atoms with E-state index in [1.54, 1.807) is 33.1 Å². The quantitative estimate of drug-likeness (QED) is 0.200. The molecule has 1 heterocycles. The molecule has 182 valence electrons. The third kappa shape index (κ3) is 5.48. The van der Waals surface area contributed by atoms with Gasteiger partial charge in [-0.2, -0.15) is 0 Å². The summed E-state index contributed by atoms with van der Waals surface area (Å²) in [6.07, 6.45) is 0.718. The van der Waals surface area contributed by atoms with Gasteiger partial charge in [-0.05, 0) is 67.8 Å². The summed E-state index contributed by atoms with van der Waals surface area (Å²) in [5, 5.41) is 0.620. The molecule has 0 aliphatic rings. The van der Waals surface area contributed by atoms with Crippen LogP contribution in [0.4, 0.5) is 8.78 Å². The molecule has 0 spiro atoms. The van der Waals surface area contributed by atoms with E-state index in [4.69, 9.17) is 14.5 Å². The molecule has 4 rings (SSSR count). The van der Waals surface area contributed by atoms with E-state index in [1.807, 2.05) is 34.9 Å². The number of hydrogen-bond acceptors (Lipinski definition) is 5. The zero-order valence-electron chi connectivity index (χ0n) is 19.8. The Morgan fingerprint density at radius 3 is 2.57 bits per heavy atom. The van der Waals surface area contributed by atoms with Gasteiger partial charge in [-0.15, -0.1) is 0 Å². The van der Waals surface area contributed by atoms with Gasteiger partial charge in [0.25, 0.3) is 0 Å². The normalized spacial score (nSPS) is 11.1. The predicted octanol–water partition coefficient (Wildman–Crippen LogP) is 6.34. The van der Waals surface area contributed by atoms with Crippen molar-refractivity contribution in [3.63, 3.8) is 0 Å². The number of nitrogens with zero attached hydrogens (tertiary/aromatic N) is 2. The van der Waals surface area contributed by atoms with E-state index in [2.05, 4.69) is 0 Å². The van der Waals surface area contributed by atoms with E-state index in [0.29, 0.717) is 28.3 Å². The monoisotopic (exact) mass is 496 g/mol. The average molecular weight is 497 g/mol. The third-order valence-corrected chi connectivity index (χ3v) is 6.74. The highest BCUT2D eigenvalue weighted by Gasteiger charge is 2.17. The lowest BCUT2D eigenvalue weighted by Crippen LogP contribution is -2.05. The summed E-state index contributed by atoms with van der Waals surface area (Å²) in [5.74, 6) is -0.656.